The molecule has 1 aliphatic heterocycles. The molecule has 0 bridgehead atoms. The van der Waals surface area contributed by atoms with Crippen molar-refractivity contribution in [3.63, 3.8) is 0 Å². The van der Waals surface area contributed by atoms with E-state index in [-0.39, 0.29) is 24.1 Å². The third-order valence-corrected chi connectivity index (χ3v) is 4.34. The summed E-state index contributed by atoms with van der Waals surface area (Å²) in [6.45, 7) is 3.02. The molecule has 2 N–H and O–H groups in total. The maximum atomic E-state index is 12.7. The van der Waals surface area contributed by atoms with Crippen molar-refractivity contribution >= 4 is 11.6 Å². The maximum absolute atomic E-state index is 12.7. The standard InChI is InChI=1S/C19H20F3N3O3/c1-12(11-26)24-17(27)13-9-16(25-7-2-8-25)18(23-10-13)28-15-5-3-14(4-6-15)19(20,21)22/h3-6,9-10,12,26H,2,7-8,11H2,1H3,(H,24,27). The molecule has 1 amide bonds. The summed E-state index contributed by atoms with van der Waals surface area (Å²) >= 11 is 0. The third kappa shape index (κ3) is 4.53. The van der Waals surface area contributed by atoms with Gasteiger partial charge in [0.25, 0.3) is 5.91 Å². The number of pyridine rings is 1. The first kappa shape index (κ1) is 19.9. The van der Waals surface area contributed by atoms with Crippen LogP contribution in [0.25, 0.3) is 0 Å². The molecule has 1 atom stereocenters. The molecular weight excluding hydrogens is 375 g/mol. The monoisotopic (exact) mass is 395 g/mol. The van der Waals surface area contributed by atoms with Gasteiger partial charge in [-0.05, 0) is 43.7 Å². The summed E-state index contributed by atoms with van der Waals surface area (Å²) in [5.41, 5.74) is 0.137. The second-order valence-electron chi connectivity index (χ2n) is 6.57. The number of ether oxygens (including phenoxy) is 1. The van der Waals surface area contributed by atoms with Crippen molar-refractivity contribution in [1.82, 2.24) is 10.3 Å². The van der Waals surface area contributed by atoms with Crippen molar-refractivity contribution in [3.8, 4) is 11.6 Å². The van der Waals surface area contributed by atoms with E-state index >= 15 is 0 Å². The van der Waals surface area contributed by atoms with Crippen LogP contribution in [-0.4, -0.2) is 41.7 Å². The largest absolute Gasteiger partial charge is 0.437 e. The Morgan fingerprint density at radius 3 is 2.54 bits per heavy atom. The Balaban J connectivity index is 1.83. The highest BCUT2D eigenvalue weighted by molar-refractivity contribution is 5.95. The number of halogens is 3. The first-order chi connectivity index (χ1) is 13.3. The van der Waals surface area contributed by atoms with E-state index < -0.39 is 17.8 Å². The van der Waals surface area contributed by atoms with Crippen molar-refractivity contribution in [3.05, 3.63) is 47.7 Å². The number of hydrogen-bond donors (Lipinski definition) is 2. The van der Waals surface area contributed by atoms with E-state index in [4.69, 9.17) is 9.84 Å². The molecule has 1 aromatic heterocycles. The lowest BCUT2D eigenvalue weighted by Crippen LogP contribution is -2.38. The van der Waals surface area contributed by atoms with Gasteiger partial charge in [0.15, 0.2) is 0 Å². The molecule has 1 aromatic carbocycles. The molecule has 0 spiro atoms. The van der Waals surface area contributed by atoms with Gasteiger partial charge >= 0.3 is 6.18 Å². The molecule has 1 fully saturated rings. The van der Waals surface area contributed by atoms with E-state index in [0.29, 0.717) is 11.3 Å². The molecule has 150 valence electrons. The van der Waals surface area contributed by atoms with Crippen LogP contribution >= 0.6 is 0 Å². The number of hydrogen-bond acceptors (Lipinski definition) is 5. The second-order valence-corrected chi connectivity index (χ2v) is 6.57. The molecule has 2 heterocycles. The average Bonchev–Trinajstić information content (AvgIpc) is 2.61. The highest BCUT2D eigenvalue weighted by Gasteiger charge is 2.30. The number of nitrogens with one attached hydrogen (secondary N) is 1. The van der Waals surface area contributed by atoms with Gasteiger partial charge in [-0.25, -0.2) is 4.98 Å². The van der Waals surface area contributed by atoms with Gasteiger partial charge in [-0.3, -0.25) is 4.79 Å². The van der Waals surface area contributed by atoms with E-state index in [1.165, 1.54) is 18.3 Å². The molecule has 1 aliphatic rings. The number of amides is 1. The Bertz CT molecular complexity index is 837. The zero-order chi connectivity index (χ0) is 20.3. The zero-order valence-electron chi connectivity index (χ0n) is 15.2. The molecule has 6 nitrogen and oxygen atoms in total. The number of carbonyl (C=O) groups excluding carboxylic acids is 1. The van der Waals surface area contributed by atoms with Gasteiger partial charge in [-0.1, -0.05) is 0 Å². The lowest BCUT2D eigenvalue weighted by atomic mass is 10.1. The summed E-state index contributed by atoms with van der Waals surface area (Å²) in [6.07, 6.45) is -2.10. The molecule has 1 saturated heterocycles. The van der Waals surface area contributed by atoms with Crippen LogP contribution in [-0.2, 0) is 6.18 Å². The first-order valence-electron chi connectivity index (χ1n) is 8.80. The van der Waals surface area contributed by atoms with E-state index in [2.05, 4.69) is 10.3 Å². The van der Waals surface area contributed by atoms with Crippen LogP contribution in [0.3, 0.4) is 0 Å². The molecule has 0 aliphatic carbocycles. The van der Waals surface area contributed by atoms with Gasteiger partial charge in [0.2, 0.25) is 5.88 Å². The zero-order valence-corrected chi connectivity index (χ0v) is 15.2. The molecule has 0 radical (unpaired) electrons. The van der Waals surface area contributed by atoms with Crippen LogP contribution in [0.4, 0.5) is 18.9 Å². The summed E-state index contributed by atoms with van der Waals surface area (Å²) in [7, 11) is 0. The number of benzene rings is 1. The number of rotatable bonds is 6. The van der Waals surface area contributed by atoms with Crippen LogP contribution in [0.15, 0.2) is 36.5 Å². The normalized spacial score (nSPS) is 15.0. The Hall–Kier alpha value is -2.81. The SMILES string of the molecule is CC(CO)NC(=O)c1cnc(Oc2ccc(C(F)(F)F)cc2)c(N2CCC2)c1. The minimum absolute atomic E-state index is 0.187. The summed E-state index contributed by atoms with van der Waals surface area (Å²) in [4.78, 5) is 18.4. The number of aliphatic hydroxyl groups excluding tert-OH is 1. The number of aliphatic hydroxyl groups is 1. The summed E-state index contributed by atoms with van der Waals surface area (Å²) in [5, 5.41) is 11.7. The summed E-state index contributed by atoms with van der Waals surface area (Å²) < 4.78 is 43.8. The fourth-order valence-corrected chi connectivity index (χ4v) is 2.60. The van der Waals surface area contributed by atoms with Crippen LogP contribution < -0.4 is 15.0 Å². The molecular formula is C19H20F3N3O3. The highest BCUT2D eigenvalue weighted by atomic mass is 19.4. The Morgan fingerprint density at radius 2 is 2.00 bits per heavy atom. The quantitative estimate of drug-likeness (QED) is 0.786. The van der Waals surface area contributed by atoms with Gasteiger partial charge in [0, 0.05) is 25.3 Å². The van der Waals surface area contributed by atoms with Crippen molar-refractivity contribution in [2.45, 2.75) is 25.6 Å². The predicted octanol–water partition coefficient (Wildman–Crippen LogP) is 3.21. The van der Waals surface area contributed by atoms with Crippen LogP contribution in [0.2, 0.25) is 0 Å². The Morgan fingerprint density at radius 1 is 1.32 bits per heavy atom. The summed E-state index contributed by atoms with van der Waals surface area (Å²) in [5.74, 6) is 0.0523. The number of alkyl halides is 3. The van der Waals surface area contributed by atoms with E-state index in [0.717, 1.165) is 31.6 Å². The van der Waals surface area contributed by atoms with E-state index in [9.17, 15) is 18.0 Å². The van der Waals surface area contributed by atoms with Gasteiger partial charge in [-0.15, -0.1) is 0 Å². The van der Waals surface area contributed by atoms with Crippen molar-refractivity contribution < 1.29 is 27.8 Å². The lowest BCUT2D eigenvalue weighted by molar-refractivity contribution is -0.137. The molecule has 1 unspecified atom stereocenters. The summed E-state index contributed by atoms with van der Waals surface area (Å²) in [6, 6.07) is 5.57. The van der Waals surface area contributed by atoms with Crippen molar-refractivity contribution in [2.24, 2.45) is 0 Å². The van der Waals surface area contributed by atoms with Gasteiger partial charge in [0.05, 0.1) is 17.7 Å². The smallest absolute Gasteiger partial charge is 0.416 e. The molecule has 0 saturated carbocycles. The van der Waals surface area contributed by atoms with Gasteiger partial charge in [0.1, 0.15) is 11.4 Å². The Kier molecular flexibility index (Phi) is 5.73. The maximum Gasteiger partial charge on any atom is 0.416 e. The number of nitrogens with zero attached hydrogens (tertiary/aromatic N) is 2. The minimum Gasteiger partial charge on any atom is -0.437 e. The average molecular weight is 395 g/mol. The fourth-order valence-electron chi connectivity index (χ4n) is 2.60. The lowest BCUT2D eigenvalue weighted by Gasteiger charge is -2.34. The number of anilines is 1. The van der Waals surface area contributed by atoms with E-state index in [1.807, 2.05) is 4.90 Å². The van der Waals surface area contributed by atoms with Gasteiger partial charge in [-0.2, -0.15) is 13.2 Å². The predicted molar refractivity (Wildman–Crippen MR) is 96.6 cm³/mol. The van der Waals surface area contributed by atoms with E-state index in [1.54, 1.807) is 13.0 Å². The Labute approximate surface area is 159 Å². The van der Waals surface area contributed by atoms with Crippen LogP contribution in [0, 0.1) is 0 Å². The molecule has 3 rings (SSSR count). The second kappa shape index (κ2) is 8.05. The van der Waals surface area contributed by atoms with Crippen molar-refractivity contribution in [2.75, 3.05) is 24.6 Å². The molecule has 28 heavy (non-hydrogen) atoms. The minimum atomic E-state index is -4.42. The number of aromatic nitrogens is 1. The molecule has 9 heteroatoms. The highest BCUT2D eigenvalue weighted by Crippen LogP contribution is 2.35. The topological polar surface area (TPSA) is 74.7 Å². The first-order valence-corrected chi connectivity index (χ1v) is 8.80. The number of carbonyl (C=O) groups is 1. The van der Waals surface area contributed by atoms with Crippen LogP contribution in [0.5, 0.6) is 11.6 Å². The third-order valence-electron chi connectivity index (χ3n) is 4.34. The molecule has 2 aromatic rings. The van der Waals surface area contributed by atoms with Crippen LogP contribution in [0.1, 0.15) is 29.3 Å². The van der Waals surface area contributed by atoms with Crippen molar-refractivity contribution in [1.29, 1.82) is 0 Å². The fraction of sp³-hybridized carbons (Fsp3) is 0.368. The van der Waals surface area contributed by atoms with Gasteiger partial charge < -0.3 is 20.1 Å².